The van der Waals surface area contributed by atoms with E-state index < -0.39 is 18.6 Å². The highest BCUT2D eigenvalue weighted by molar-refractivity contribution is 5.99. The minimum atomic E-state index is -4.75. The average molecular weight is 502 g/mol. The van der Waals surface area contributed by atoms with Crippen LogP contribution in [0.5, 0.6) is 0 Å². The van der Waals surface area contributed by atoms with Crippen molar-refractivity contribution in [3.05, 3.63) is 71.9 Å². The largest absolute Gasteiger partial charge is 0.572 e. The van der Waals surface area contributed by atoms with Crippen molar-refractivity contribution >= 4 is 17.4 Å². The van der Waals surface area contributed by atoms with Crippen molar-refractivity contribution in [1.82, 2.24) is 19.8 Å². The molecule has 36 heavy (non-hydrogen) atoms. The van der Waals surface area contributed by atoms with Crippen molar-refractivity contribution in [2.45, 2.75) is 44.9 Å². The average Bonchev–Trinajstić information content (AvgIpc) is 3.32. The number of aliphatic hydroxyl groups is 1. The molecule has 0 spiro atoms. The maximum atomic E-state index is 12.9. The highest BCUT2D eigenvalue weighted by Crippen LogP contribution is 2.32. The molecule has 11 heteroatoms. The molecule has 1 fully saturated rings. The van der Waals surface area contributed by atoms with Crippen molar-refractivity contribution < 1.29 is 32.6 Å². The van der Waals surface area contributed by atoms with Gasteiger partial charge in [0.05, 0.1) is 11.7 Å². The molecule has 2 aliphatic heterocycles. The van der Waals surface area contributed by atoms with Gasteiger partial charge in [0.15, 0.2) is 0 Å². The Bertz CT molecular complexity index is 1280. The lowest BCUT2D eigenvalue weighted by molar-refractivity contribution is -0.305. The number of halogens is 3. The number of ether oxygens (including phenoxy) is 1. The van der Waals surface area contributed by atoms with Crippen molar-refractivity contribution in [2.75, 3.05) is 0 Å². The SMILES string of the molecule is C=C(/C=C\C=C(/C)OC(F)(F)F)c1nc(-c2ccc3c(c2)CN(C2CCC(=O)NC2O)C3=O)cn1C. The first-order chi connectivity index (χ1) is 16.9. The predicted molar refractivity (Wildman–Crippen MR) is 125 cm³/mol. The van der Waals surface area contributed by atoms with E-state index in [0.29, 0.717) is 35.6 Å². The van der Waals surface area contributed by atoms with Crippen LogP contribution in [0.4, 0.5) is 13.2 Å². The normalized spacial score (nSPS) is 20.6. The first kappa shape index (κ1) is 25.2. The lowest BCUT2D eigenvalue weighted by atomic mass is 10.0. The smallest absolute Gasteiger partial charge is 0.411 e. The quantitative estimate of drug-likeness (QED) is 0.465. The molecule has 1 aromatic carbocycles. The Morgan fingerprint density at radius 1 is 1.33 bits per heavy atom. The number of allylic oxidation sites excluding steroid dienone is 5. The second kappa shape index (κ2) is 9.65. The summed E-state index contributed by atoms with van der Waals surface area (Å²) in [7, 11) is 1.77. The van der Waals surface area contributed by atoms with Gasteiger partial charge in [-0.25, -0.2) is 4.98 Å². The molecule has 2 atom stereocenters. The Hall–Kier alpha value is -3.86. The number of aliphatic hydroxyl groups excluding tert-OH is 1. The van der Waals surface area contributed by atoms with E-state index in [0.717, 1.165) is 11.1 Å². The molecular formula is C25H25F3N4O4. The molecule has 0 saturated carbocycles. The third-order valence-corrected chi connectivity index (χ3v) is 6.04. The number of nitrogens with one attached hydrogen (secondary N) is 1. The number of aromatic nitrogens is 2. The van der Waals surface area contributed by atoms with Gasteiger partial charge in [0.2, 0.25) is 5.91 Å². The van der Waals surface area contributed by atoms with Crippen molar-refractivity contribution in [3.8, 4) is 11.3 Å². The van der Waals surface area contributed by atoms with E-state index in [9.17, 15) is 27.9 Å². The minimum absolute atomic E-state index is 0.199. The lowest BCUT2D eigenvalue weighted by Crippen LogP contribution is -2.55. The molecule has 2 aliphatic rings. The molecule has 190 valence electrons. The Morgan fingerprint density at radius 2 is 2.08 bits per heavy atom. The van der Waals surface area contributed by atoms with Crippen LogP contribution >= 0.6 is 0 Å². The minimum Gasteiger partial charge on any atom is -0.411 e. The van der Waals surface area contributed by atoms with Gasteiger partial charge < -0.3 is 24.6 Å². The summed E-state index contributed by atoms with van der Waals surface area (Å²) in [6.07, 6.45) is 0.671. The number of imidazole rings is 1. The van der Waals surface area contributed by atoms with Gasteiger partial charge in [-0.1, -0.05) is 24.8 Å². The van der Waals surface area contributed by atoms with Gasteiger partial charge >= 0.3 is 6.36 Å². The molecule has 0 radical (unpaired) electrons. The number of aryl methyl sites for hydroxylation is 1. The first-order valence-corrected chi connectivity index (χ1v) is 11.2. The van der Waals surface area contributed by atoms with Crippen LogP contribution in [0.1, 0.15) is 41.5 Å². The molecule has 0 bridgehead atoms. The fourth-order valence-corrected chi connectivity index (χ4v) is 4.36. The van der Waals surface area contributed by atoms with Crippen molar-refractivity contribution in [2.24, 2.45) is 7.05 Å². The zero-order valence-electron chi connectivity index (χ0n) is 19.7. The fourth-order valence-electron chi connectivity index (χ4n) is 4.36. The molecule has 2 unspecified atom stereocenters. The van der Waals surface area contributed by atoms with Gasteiger partial charge in [0, 0.05) is 42.9 Å². The summed E-state index contributed by atoms with van der Waals surface area (Å²) in [5, 5.41) is 12.7. The number of nitrogens with zero attached hydrogens (tertiary/aromatic N) is 3. The van der Waals surface area contributed by atoms with E-state index in [1.54, 1.807) is 34.8 Å². The van der Waals surface area contributed by atoms with Gasteiger partial charge in [-0.05, 0) is 37.1 Å². The lowest BCUT2D eigenvalue weighted by Gasteiger charge is -2.35. The highest BCUT2D eigenvalue weighted by atomic mass is 19.4. The Morgan fingerprint density at radius 3 is 2.78 bits per heavy atom. The van der Waals surface area contributed by atoms with Crippen LogP contribution in [-0.2, 0) is 23.1 Å². The number of amides is 2. The standard InChI is InChI=1S/C25H25F3N4O4/c1-14(5-4-6-15(2)36-25(26,27)28)22-29-19(13-31(22)3)16-7-8-18-17(11-16)12-32(24(18)35)20-9-10-21(33)30-23(20)34/h4-8,11,13,20,23,34H,1,9-10,12H2,2-3H3,(H,30,33)/b5-4-,15-6+. The van der Waals surface area contributed by atoms with E-state index in [4.69, 9.17) is 0 Å². The number of alkyl halides is 3. The van der Waals surface area contributed by atoms with Crippen LogP contribution in [0.3, 0.4) is 0 Å². The van der Waals surface area contributed by atoms with E-state index >= 15 is 0 Å². The van der Waals surface area contributed by atoms with E-state index in [2.05, 4.69) is 21.6 Å². The highest BCUT2D eigenvalue weighted by Gasteiger charge is 2.39. The Balaban J connectivity index is 1.50. The zero-order valence-corrected chi connectivity index (χ0v) is 19.7. The topological polar surface area (TPSA) is 96.7 Å². The Labute approximate surface area is 205 Å². The summed E-state index contributed by atoms with van der Waals surface area (Å²) in [5.41, 5.74) is 3.21. The van der Waals surface area contributed by atoms with E-state index in [1.807, 2.05) is 6.07 Å². The number of hydrogen-bond donors (Lipinski definition) is 2. The third kappa shape index (κ3) is 5.35. The van der Waals surface area contributed by atoms with Crippen LogP contribution in [0.2, 0.25) is 0 Å². The van der Waals surface area contributed by atoms with Gasteiger partial charge in [0.25, 0.3) is 5.91 Å². The van der Waals surface area contributed by atoms with Crippen LogP contribution in [0, 0.1) is 0 Å². The molecule has 1 aromatic heterocycles. The third-order valence-electron chi connectivity index (χ3n) is 6.04. The van der Waals surface area contributed by atoms with Gasteiger partial charge in [0.1, 0.15) is 17.8 Å². The number of rotatable bonds is 6. The molecule has 1 saturated heterocycles. The van der Waals surface area contributed by atoms with Crippen LogP contribution in [0.25, 0.3) is 16.8 Å². The molecule has 0 aliphatic carbocycles. The second-order valence-electron chi connectivity index (χ2n) is 8.69. The number of carbonyl (C=O) groups is 2. The van der Waals surface area contributed by atoms with E-state index in [1.165, 1.54) is 25.2 Å². The second-order valence-corrected chi connectivity index (χ2v) is 8.69. The van der Waals surface area contributed by atoms with Gasteiger partial charge in [-0.2, -0.15) is 0 Å². The molecule has 8 nitrogen and oxygen atoms in total. The van der Waals surface area contributed by atoms with Crippen LogP contribution in [-0.4, -0.2) is 50.0 Å². The van der Waals surface area contributed by atoms with Crippen molar-refractivity contribution in [3.63, 3.8) is 0 Å². The molecule has 2 N–H and O–H groups in total. The van der Waals surface area contributed by atoms with Crippen LogP contribution < -0.4 is 5.32 Å². The zero-order chi connectivity index (χ0) is 26.2. The maximum Gasteiger partial charge on any atom is 0.572 e. The first-order valence-electron chi connectivity index (χ1n) is 11.2. The number of piperidine rings is 1. The number of benzene rings is 1. The fraction of sp³-hybridized carbons (Fsp3) is 0.320. The molecular weight excluding hydrogens is 477 g/mol. The summed E-state index contributed by atoms with van der Waals surface area (Å²) in [6, 6.07) is 4.87. The summed E-state index contributed by atoms with van der Waals surface area (Å²) >= 11 is 0. The summed E-state index contributed by atoms with van der Waals surface area (Å²) in [5.74, 6) is -0.233. The number of fused-ring (bicyclic) bond motifs is 1. The van der Waals surface area contributed by atoms with Crippen LogP contribution in [0.15, 0.2) is 55.0 Å². The van der Waals surface area contributed by atoms with Crippen molar-refractivity contribution in [1.29, 1.82) is 0 Å². The summed E-state index contributed by atoms with van der Waals surface area (Å²) in [6.45, 7) is 5.44. The Kier molecular flexibility index (Phi) is 6.77. The van der Waals surface area contributed by atoms with Gasteiger partial charge in [-0.15, -0.1) is 13.2 Å². The predicted octanol–water partition coefficient (Wildman–Crippen LogP) is 3.65. The van der Waals surface area contributed by atoms with E-state index in [-0.39, 0.29) is 24.0 Å². The monoisotopic (exact) mass is 502 g/mol. The molecule has 3 heterocycles. The molecule has 2 amide bonds. The number of hydrogen-bond acceptors (Lipinski definition) is 5. The summed E-state index contributed by atoms with van der Waals surface area (Å²) in [4.78, 5) is 30.6. The maximum absolute atomic E-state index is 12.9. The molecule has 4 rings (SSSR count). The number of carbonyl (C=O) groups excluding carboxylic acids is 2. The van der Waals surface area contributed by atoms with Gasteiger partial charge in [-0.3, -0.25) is 9.59 Å². The molecule has 2 aromatic rings. The summed E-state index contributed by atoms with van der Waals surface area (Å²) < 4.78 is 42.3.